The van der Waals surface area contributed by atoms with Crippen LogP contribution in [-0.4, -0.2) is 5.91 Å². The van der Waals surface area contributed by atoms with Crippen LogP contribution < -0.4 is 5.73 Å². The van der Waals surface area contributed by atoms with Crippen LogP contribution in [0, 0.1) is 0 Å². The fourth-order valence-electron chi connectivity index (χ4n) is 3.41. The first kappa shape index (κ1) is 21.0. The maximum atomic E-state index is 13.0. The molecular formula is C22H26F3NO. The van der Waals surface area contributed by atoms with Gasteiger partial charge in [0.2, 0.25) is 5.91 Å². The molecule has 146 valence electrons. The van der Waals surface area contributed by atoms with Gasteiger partial charge in [0, 0.05) is 0 Å². The van der Waals surface area contributed by atoms with E-state index in [0.717, 1.165) is 30.5 Å². The highest BCUT2D eigenvalue weighted by Crippen LogP contribution is 2.33. The zero-order chi connectivity index (χ0) is 20.2. The van der Waals surface area contributed by atoms with Crippen molar-refractivity contribution < 1.29 is 18.0 Å². The molecule has 0 aromatic heterocycles. The fourth-order valence-corrected chi connectivity index (χ4v) is 3.41. The molecule has 1 atom stereocenters. The first-order valence-corrected chi connectivity index (χ1v) is 9.10. The van der Waals surface area contributed by atoms with Crippen LogP contribution in [0.15, 0.2) is 48.5 Å². The van der Waals surface area contributed by atoms with Crippen LogP contribution in [0.3, 0.4) is 0 Å². The molecule has 0 spiro atoms. The molecule has 0 saturated heterocycles. The van der Waals surface area contributed by atoms with Gasteiger partial charge in [-0.15, -0.1) is 0 Å². The van der Waals surface area contributed by atoms with Gasteiger partial charge in [-0.05, 0) is 41.0 Å². The standard InChI is InChI=1S/C22H26F3NO/c1-4-12-21(2,3)17-10-8-15(9-11-17)13-19(20(26)27)16-6-5-7-18(14-16)22(23,24)25/h5-11,14,19H,4,12-13H2,1-3H3,(H2,26,27). The highest BCUT2D eigenvalue weighted by Gasteiger charge is 2.31. The lowest BCUT2D eigenvalue weighted by Gasteiger charge is -2.25. The molecule has 0 fully saturated rings. The Balaban J connectivity index is 2.26. The number of alkyl halides is 3. The Kier molecular flexibility index (Phi) is 6.34. The van der Waals surface area contributed by atoms with Gasteiger partial charge in [0.25, 0.3) is 0 Å². The quantitative estimate of drug-likeness (QED) is 0.671. The molecule has 0 bridgehead atoms. The fraction of sp³-hybridized carbons (Fsp3) is 0.409. The normalized spacial score (nSPS) is 13.4. The lowest BCUT2D eigenvalue weighted by atomic mass is 9.80. The van der Waals surface area contributed by atoms with Gasteiger partial charge in [-0.2, -0.15) is 13.2 Å². The number of benzene rings is 2. The zero-order valence-electron chi connectivity index (χ0n) is 15.9. The molecule has 2 nitrogen and oxygen atoms in total. The van der Waals surface area contributed by atoms with Gasteiger partial charge in [-0.1, -0.05) is 69.7 Å². The van der Waals surface area contributed by atoms with E-state index in [0.29, 0.717) is 0 Å². The van der Waals surface area contributed by atoms with Crippen LogP contribution in [0.25, 0.3) is 0 Å². The summed E-state index contributed by atoms with van der Waals surface area (Å²) in [4.78, 5) is 11.9. The molecule has 0 heterocycles. The number of carbonyl (C=O) groups excluding carboxylic acids is 1. The first-order valence-electron chi connectivity index (χ1n) is 9.10. The number of carbonyl (C=O) groups is 1. The number of hydrogen-bond donors (Lipinski definition) is 1. The minimum atomic E-state index is -4.45. The van der Waals surface area contributed by atoms with Gasteiger partial charge in [0.1, 0.15) is 0 Å². The van der Waals surface area contributed by atoms with Crippen molar-refractivity contribution in [1.29, 1.82) is 0 Å². The summed E-state index contributed by atoms with van der Waals surface area (Å²) in [7, 11) is 0. The SMILES string of the molecule is CCCC(C)(C)c1ccc(CC(C(N)=O)c2cccc(C(F)(F)F)c2)cc1. The van der Waals surface area contributed by atoms with E-state index in [4.69, 9.17) is 5.73 Å². The van der Waals surface area contributed by atoms with Crippen molar-refractivity contribution in [3.8, 4) is 0 Å². The van der Waals surface area contributed by atoms with Gasteiger partial charge in [0.05, 0.1) is 11.5 Å². The van der Waals surface area contributed by atoms with Crippen LogP contribution in [0.4, 0.5) is 13.2 Å². The van der Waals surface area contributed by atoms with Gasteiger partial charge in [0.15, 0.2) is 0 Å². The van der Waals surface area contributed by atoms with E-state index in [2.05, 4.69) is 20.8 Å². The van der Waals surface area contributed by atoms with Crippen molar-refractivity contribution in [2.75, 3.05) is 0 Å². The third kappa shape index (κ3) is 5.34. The summed E-state index contributed by atoms with van der Waals surface area (Å²) in [6.07, 6.45) is -2.05. The third-order valence-electron chi connectivity index (χ3n) is 5.01. The molecule has 0 aliphatic carbocycles. The van der Waals surface area contributed by atoms with Crippen molar-refractivity contribution in [2.45, 2.75) is 57.5 Å². The Morgan fingerprint density at radius 2 is 1.67 bits per heavy atom. The second kappa shape index (κ2) is 8.15. The number of nitrogens with two attached hydrogens (primary N) is 1. The summed E-state index contributed by atoms with van der Waals surface area (Å²) in [6.45, 7) is 6.50. The molecule has 5 heteroatoms. The van der Waals surface area contributed by atoms with Crippen LogP contribution >= 0.6 is 0 Å². The van der Waals surface area contributed by atoms with E-state index in [1.165, 1.54) is 17.7 Å². The van der Waals surface area contributed by atoms with Crippen LogP contribution in [0.1, 0.15) is 61.8 Å². The number of primary amides is 1. The van der Waals surface area contributed by atoms with Crippen LogP contribution in [-0.2, 0) is 22.8 Å². The van der Waals surface area contributed by atoms with Crippen molar-refractivity contribution in [3.05, 3.63) is 70.8 Å². The molecule has 1 amide bonds. The summed E-state index contributed by atoms with van der Waals surface area (Å²) in [5.41, 5.74) is 7.12. The van der Waals surface area contributed by atoms with E-state index < -0.39 is 23.6 Å². The van der Waals surface area contributed by atoms with Crippen LogP contribution in [0.2, 0.25) is 0 Å². The molecule has 2 N–H and O–H groups in total. The van der Waals surface area contributed by atoms with E-state index in [1.807, 2.05) is 24.3 Å². The summed E-state index contributed by atoms with van der Waals surface area (Å²) >= 11 is 0. The van der Waals surface area contributed by atoms with Crippen LogP contribution in [0.5, 0.6) is 0 Å². The Bertz CT molecular complexity index is 779. The smallest absolute Gasteiger partial charge is 0.369 e. The lowest BCUT2D eigenvalue weighted by molar-refractivity contribution is -0.137. The van der Waals surface area contributed by atoms with Gasteiger partial charge < -0.3 is 5.73 Å². The average molecular weight is 377 g/mol. The predicted molar refractivity (Wildman–Crippen MR) is 101 cm³/mol. The van der Waals surface area contributed by atoms with Crippen molar-refractivity contribution in [3.63, 3.8) is 0 Å². The molecular weight excluding hydrogens is 351 g/mol. The molecule has 2 aromatic carbocycles. The summed E-state index contributed by atoms with van der Waals surface area (Å²) < 4.78 is 38.9. The van der Waals surface area contributed by atoms with E-state index in [1.54, 1.807) is 0 Å². The Morgan fingerprint density at radius 1 is 1.04 bits per heavy atom. The molecule has 0 aliphatic rings. The number of amides is 1. The van der Waals surface area contributed by atoms with E-state index in [-0.39, 0.29) is 17.4 Å². The number of hydrogen-bond acceptors (Lipinski definition) is 1. The molecule has 1 unspecified atom stereocenters. The number of rotatable bonds is 7. The van der Waals surface area contributed by atoms with Gasteiger partial charge in [-0.25, -0.2) is 0 Å². The maximum absolute atomic E-state index is 13.0. The second-order valence-corrected chi connectivity index (χ2v) is 7.61. The van der Waals surface area contributed by atoms with Crippen molar-refractivity contribution >= 4 is 5.91 Å². The Labute approximate surface area is 158 Å². The monoisotopic (exact) mass is 377 g/mol. The maximum Gasteiger partial charge on any atom is 0.416 e. The molecule has 0 saturated carbocycles. The first-order chi connectivity index (χ1) is 12.5. The zero-order valence-corrected chi connectivity index (χ0v) is 15.9. The highest BCUT2D eigenvalue weighted by molar-refractivity contribution is 5.82. The highest BCUT2D eigenvalue weighted by atomic mass is 19.4. The minimum Gasteiger partial charge on any atom is -0.369 e. The molecule has 27 heavy (non-hydrogen) atoms. The summed E-state index contributed by atoms with van der Waals surface area (Å²) in [5.74, 6) is -1.44. The van der Waals surface area contributed by atoms with E-state index >= 15 is 0 Å². The lowest BCUT2D eigenvalue weighted by Crippen LogP contribution is -2.24. The average Bonchev–Trinajstić information content (AvgIpc) is 2.59. The Morgan fingerprint density at radius 3 is 2.19 bits per heavy atom. The minimum absolute atomic E-state index is 0.0530. The molecule has 0 radical (unpaired) electrons. The molecule has 2 rings (SSSR count). The third-order valence-corrected chi connectivity index (χ3v) is 5.01. The van der Waals surface area contributed by atoms with Gasteiger partial charge >= 0.3 is 6.18 Å². The predicted octanol–water partition coefficient (Wildman–Crippen LogP) is 5.59. The second-order valence-electron chi connectivity index (χ2n) is 7.61. The van der Waals surface area contributed by atoms with Crippen molar-refractivity contribution in [1.82, 2.24) is 0 Å². The summed E-state index contributed by atoms with van der Waals surface area (Å²) in [5, 5.41) is 0. The summed E-state index contributed by atoms with van der Waals surface area (Å²) in [6, 6.07) is 12.7. The molecule has 2 aromatic rings. The molecule has 0 aliphatic heterocycles. The van der Waals surface area contributed by atoms with E-state index in [9.17, 15) is 18.0 Å². The topological polar surface area (TPSA) is 43.1 Å². The Hall–Kier alpha value is -2.30. The largest absolute Gasteiger partial charge is 0.416 e. The van der Waals surface area contributed by atoms with Gasteiger partial charge in [-0.3, -0.25) is 4.79 Å². The number of halogens is 3. The van der Waals surface area contributed by atoms with Crippen molar-refractivity contribution in [2.24, 2.45) is 5.73 Å².